The molecule has 0 spiro atoms. The number of carbonyl (C=O) groups is 1. The fourth-order valence-electron chi connectivity index (χ4n) is 3.01. The van der Waals surface area contributed by atoms with Crippen molar-refractivity contribution in [3.05, 3.63) is 46.7 Å². The van der Waals surface area contributed by atoms with Gasteiger partial charge in [-0.2, -0.15) is 10.2 Å². The van der Waals surface area contributed by atoms with E-state index in [2.05, 4.69) is 26.7 Å². The lowest BCUT2D eigenvalue weighted by Crippen LogP contribution is -2.30. The Morgan fingerprint density at radius 1 is 1.46 bits per heavy atom. The van der Waals surface area contributed by atoms with Gasteiger partial charge in [-0.1, -0.05) is 19.1 Å². The van der Waals surface area contributed by atoms with Gasteiger partial charge in [0.25, 0.3) is 5.91 Å². The van der Waals surface area contributed by atoms with Crippen molar-refractivity contribution in [3.8, 4) is 0 Å². The van der Waals surface area contributed by atoms with Crippen LogP contribution in [-0.2, 0) is 11.8 Å². The molecule has 1 aromatic rings. The highest BCUT2D eigenvalue weighted by atomic mass is 16.2. The molecule has 1 aliphatic carbocycles. The largest absolute Gasteiger partial charge is 0.400 e. The molecule has 0 saturated carbocycles. The van der Waals surface area contributed by atoms with Crippen LogP contribution < -0.4 is 11.1 Å². The van der Waals surface area contributed by atoms with E-state index in [9.17, 15) is 4.79 Å². The van der Waals surface area contributed by atoms with E-state index in [1.807, 2.05) is 37.7 Å². The Bertz CT molecular complexity index is 796. The van der Waals surface area contributed by atoms with Crippen LogP contribution in [0.15, 0.2) is 45.5 Å². The lowest BCUT2D eigenvalue weighted by Gasteiger charge is -2.26. The van der Waals surface area contributed by atoms with Gasteiger partial charge in [0.05, 0.1) is 22.8 Å². The highest BCUT2D eigenvalue weighted by molar-refractivity contribution is 5.94. The van der Waals surface area contributed by atoms with E-state index in [0.717, 1.165) is 29.1 Å². The van der Waals surface area contributed by atoms with Gasteiger partial charge in [0.15, 0.2) is 5.70 Å². The van der Waals surface area contributed by atoms with Gasteiger partial charge in [0.2, 0.25) is 0 Å². The summed E-state index contributed by atoms with van der Waals surface area (Å²) in [6.07, 6.45) is 5.65. The molecule has 0 bridgehead atoms. The molecule has 3 rings (SSSR count). The monoisotopic (exact) mass is 326 g/mol. The lowest BCUT2D eigenvalue weighted by atomic mass is 9.87. The number of aromatic nitrogens is 2. The van der Waals surface area contributed by atoms with E-state index in [1.54, 1.807) is 0 Å². The van der Waals surface area contributed by atoms with Crippen LogP contribution in [0.2, 0.25) is 0 Å². The quantitative estimate of drug-likeness (QED) is 0.887. The van der Waals surface area contributed by atoms with Crippen molar-refractivity contribution in [2.45, 2.75) is 26.7 Å². The molecule has 1 unspecified atom stereocenters. The fourth-order valence-corrected chi connectivity index (χ4v) is 3.01. The van der Waals surface area contributed by atoms with Crippen LogP contribution in [0.4, 0.5) is 0 Å². The van der Waals surface area contributed by atoms with E-state index in [1.165, 1.54) is 0 Å². The van der Waals surface area contributed by atoms with Crippen LogP contribution in [0.3, 0.4) is 0 Å². The van der Waals surface area contributed by atoms with Gasteiger partial charge >= 0.3 is 0 Å². The highest BCUT2D eigenvalue weighted by Gasteiger charge is 2.31. The van der Waals surface area contributed by atoms with Crippen LogP contribution in [0.25, 0.3) is 5.57 Å². The molecule has 126 valence electrons. The second-order valence-corrected chi connectivity index (χ2v) is 6.04. The molecule has 2 aliphatic rings. The summed E-state index contributed by atoms with van der Waals surface area (Å²) in [6, 6.07) is 2.01. The molecule has 1 atom stereocenters. The summed E-state index contributed by atoms with van der Waals surface area (Å²) in [5.74, 6) is -0.385. The van der Waals surface area contributed by atoms with Gasteiger partial charge in [0, 0.05) is 25.1 Å². The molecule has 1 aliphatic heterocycles. The SMILES string of the molecule is CCCNC(=O)C1=C(N)C2CC=CC(c3cc(C)nn3C)=C2N=N1. The molecule has 0 saturated heterocycles. The molecule has 1 amide bonds. The summed E-state index contributed by atoms with van der Waals surface area (Å²) in [5.41, 5.74) is 10.6. The van der Waals surface area contributed by atoms with Crippen molar-refractivity contribution in [3.63, 3.8) is 0 Å². The number of fused-ring (bicyclic) bond motifs is 1. The van der Waals surface area contributed by atoms with Crippen molar-refractivity contribution < 1.29 is 4.79 Å². The zero-order valence-corrected chi connectivity index (χ0v) is 14.2. The van der Waals surface area contributed by atoms with E-state index in [4.69, 9.17) is 5.73 Å². The molecule has 7 heteroatoms. The van der Waals surface area contributed by atoms with Crippen molar-refractivity contribution in [2.24, 2.45) is 28.9 Å². The smallest absolute Gasteiger partial charge is 0.273 e. The summed E-state index contributed by atoms with van der Waals surface area (Å²) in [5, 5.41) is 15.6. The topological polar surface area (TPSA) is 97.7 Å². The van der Waals surface area contributed by atoms with Crippen LogP contribution in [0, 0.1) is 12.8 Å². The van der Waals surface area contributed by atoms with Gasteiger partial charge in [-0.25, -0.2) is 0 Å². The first-order valence-electron chi connectivity index (χ1n) is 8.14. The normalized spacial score (nSPS) is 19.7. The van der Waals surface area contributed by atoms with Crippen LogP contribution >= 0.6 is 0 Å². The van der Waals surface area contributed by atoms with Crippen LogP contribution in [-0.4, -0.2) is 22.2 Å². The van der Waals surface area contributed by atoms with Gasteiger partial charge in [-0.3, -0.25) is 9.48 Å². The second kappa shape index (κ2) is 6.43. The first kappa shape index (κ1) is 16.2. The molecule has 0 fully saturated rings. The minimum Gasteiger partial charge on any atom is -0.400 e. The second-order valence-electron chi connectivity index (χ2n) is 6.04. The molecular weight excluding hydrogens is 304 g/mol. The molecule has 7 nitrogen and oxygen atoms in total. The first-order valence-corrected chi connectivity index (χ1v) is 8.14. The molecule has 3 N–H and O–H groups in total. The molecule has 0 radical (unpaired) electrons. The lowest BCUT2D eigenvalue weighted by molar-refractivity contribution is -0.117. The Hall–Kier alpha value is -2.70. The number of carbonyl (C=O) groups excluding carboxylic acids is 1. The number of hydrogen-bond acceptors (Lipinski definition) is 5. The van der Waals surface area contributed by atoms with Gasteiger partial charge in [0.1, 0.15) is 0 Å². The Morgan fingerprint density at radius 2 is 2.25 bits per heavy atom. The van der Waals surface area contributed by atoms with Crippen LogP contribution in [0.1, 0.15) is 31.2 Å². The summed E-state index contributed by atoms with van der Waals surface area (Å²) in [6.45, 7) is 4.54. The Morgan fingerprint density at radius 3 is 2.92 bits per heavy atom. The average Bonchev–Trinajstić information content (AvgIpc) is 2.91. The van der Waals surface area contributed by atoms with Crippen molar-refractivity contribution in [1.29, 1.82) is 0 Å². The summed E-state index contributed by atoms with van der Waals surface area (Å²) in [7, 11) is 1.90. The average molecular weight is 326 g/mol. The third kappa shape index (κ3) is 2.77. The zero-order valence-electron chi connectivity index (χ0n) is 14.2. The van der Waals surface area contributed by atoms with Gasteiger partial charge in [-0.15, -0.1) is 5.11 Å². The van der Waals surface area contributed by atoms with E-state index < -0.39 is 0 Å². The number of nitrogens with zero attached hydrogens (tertiary/aromatic N) is 4. The minimum absolute atomic E-state index is 0.125. The van der Waals surface area contributed by atoms with E-state index in [0.29, 0.717) is 18.7 Å². The zero-order chi connectivity index (χ0) is 17.3. The number of azo groups is 1. The predicted molar refractivity (Wildman–Crippen MR) is 91.5 cm³/mol. The fraction of sp³-hybridized carbons (Fsp3) is 0.412. The molecule has 2 heterocycles. The van der Waals surface area contributed by atoms with Crippen molar-refractivity contribution >= 4 is 11.5 Å². The van der Waals surface area contributed by atoms with Gasteiger partial charge < -0.3 is 11.1 Å². The number of hydrogen-bond donors (Lipinski definition) is 2. The number of nitrogens with two attached hydrogens (primary N) is 1. The Balaban J connectivity index is 1.99. The summed E-state index contributed by atoms with van der Waals surface area (Å²) >= 11 is 0. The summed E-state index contributed by atoms with van der Waals surface area (Å²) in [4.78, 5) is 12.2. The number of amides is 1. The van der Waals surface area contributed by atoms with Crippen LogP contribution in [0.5, 0.6) is 0 Å². The predicted octanol–water partition coefficient (Wildman–Crippen LogP) is 2.18. The van der Waals surface area contributed by atoms with E-state index in [-0.39, 0.29) is 17.5 Å². The van der Waals surface area contributed by atoms with Crippen molar-refractivity contribution in [1.82, 2.24) is 15.1 Å². The Kier molecular flexibility index (Phi) is 4.33. The molecule has 24 heavy (non-hydrogen) atoms. The standard InChI is InChI=1S/C17H22N6O/c1-4-8-19-17(24)16-14(18)12-7-5-6-11(15(12)20-21-16)13-9-10(2)22-23(13)3/h5-6,9,12H,4,7-8,18H2,1-3H3,(H,19,24). The maximum absolute atomic E-state index is 12.2. The van der Waals surface area contributed by atoms with E-state index >= 15 is 0 Å². The first-order chi connectivity index (χ1) is 11.5. The molecule has 1 aromatic heterocycles. The molecular formula is C17H22N6O. The Labute approximate surface area is 141 Å². The third-order valence-corrected chi connectivity index (χ3v) is 4.20. The number of allylic oxidation sites excluding steroid dienone is 3. The third-order valence-electron chi connectivity index (χ3n) is 4.20. The van der Waals surface area contributed by atoms with Gasteiger partial charge in [-0.05, 0) is 25.8 Å². The summed E-state index contributed by atoms with van der Waals surface area (Å²) < 4.78 is 1.82. The molecule has 0 aromatic carbocycles. The highest BCUT2D eigenvalue weighted by Crippen LogP contribution is 2.39. The minimum atomic E-state index is -0.260. The van der Waals surface area contributed by atoms with Crippen molar-refractivity contribution in [2.75, 3.05) is 6.54 Å². The maximum Gasteiger partial charge on any atom is 0.273 e. The maximum atomic E-state index is 12.2. The number of nitrogens with one attached hydrogen (secondary N) is 1. The number of aryl methyl sites for hydroxylation is 2. The number of rotatable bonds is 4.